The fourth-order valence-electron chi connectivity index (χ4n) is 1.68. The van der Waals surface area contributed by atoms with Gasteiger partial charge in [-0.15, -0.1) is 4.40 Å². The topological polar surface area (TPSA) is 107 Å². The summed E-state index contributed by atoms with van der Waals surface area (Å²) >= 11 is 3.14. The van der Waals surface area contributed by atoms with E-state index in [0.717, 1.165) is 5.56 Å². The van der Waals surface area contributed by atoms with Crippen molar-refractivity contribution in [2.24, 2.45) is 10.1 Å². The molecule has 0 atom stereocenters. The summed E-state index contributed by atoms with van der Waals surface area (Å²) in [6.07, 6.45) is 2.69. The number of nitrogens with zero attached hydrogens (tertiary/aromatic N) is 3. The molecule has 0 fully saturated rings. The lowest BCUT2D eigenvalue weighted by atomic mass is 10.2. The Bertz CT molecular complexity index is 873. The molecule has 9 heteroatoms. The number of benzene rings is 1. The summed E-state index contributed by atoms with van der Waals surface area (Å²) in [5, 5.41) is 0. The monoisotopic (exact) mass is 384 g/mol. The maximum absolute atomic E-state index is 12.3. The van der Waals surface area contributed by atoms with Crippen LogP contribution in [0.4, 0.5) is 0 Å². The third kappa shape index (κ3) is 4.01. The minimum absolute atomic E-state index is 0.0163. The highest BCUT2D eigenvalue weighted by molar-refractivity contribution is 9.10. The summed E-state index contributed by atoms with van der Waals surface area (Å²) in [5.41, 5.74) is 6.10. The van der Waals surface area contributed by atoms with E-state index in [1.165, 1.54) is 29.1 Å². The number of aromatic nitrogens is 2. The molecule has 116 valence electrons. The van der Waals surface area contributed by atoms with Gasteiger partial charge in [-0.05, 0) is 35.0 Å². The molecule has 0 aliphatic rings. The van der Waals surface area contributed by atoms with Crippen LogP contribution in [0.15, 0.2) is 50.6 Å². The van der Waals surface area contributed by atoms with Crippen LogP contribution in [-0.2, 0) is 21.4 Å². The van der Waals surface area contributed by atoms with Crippen molar-refractivity contribution >= 4 is 31.9 Å². The number of halogens is 1. The van der Waals surface area contributed by atoms with Crippen LogP contribution >= 0.6 is 15.9 Å². The van der Waals surface area contributed by atoms with Gasteiger partial charge in [0.2, 0.25) is 5.91 Å². The van der Waals surface area contributed by atoms with Gasteiger partial charge in [0.05, 0.1) is 11.1 Å². The number of sulfonamides is 1. The van der Waals surface area contributed by atoms with E-state index in [9.17, 15) is 13.2 Å². The first-order valence-corrected chi connectivity index (χ1v) is 8.39. The Morgan fingerprint density at radius 2 is 2.00 bits per heavy atom. The quantitative estimate of drug-likeness (QED) is 0.837. The normalized spacial score (nSPS) is 12.4. The van der Waals surface area contributed by atoms with Crippen LogP contribution in [0.5, 0.6) is 0 Å². The standard InChI is InChI=1S/C13H13BrN4O3S/c1-9-2-4-10(5-3-9)22(20,21)17-13-6-16-11(14)7-18(13)8-12(15)19/h2-7H,8H2,1H3,(H2,15,19)/b17-13+. The number of aryl methyl sites for hydroxylation is 1. The molecule has 0 aliphatic heterocycles. The second-order valence-corrected chi connectivity index (χ2v) is 6.96. The third-order valence-electron chi connectivity index (χ3n) is 2.72. The number of carbonyl (C=O) groups is 1. The summed E-state index contributed by atoms with van der Waals surface area (Å²) in [7, 11) is -3.90. The van der Waals surface area contributed by atoms with E-state index in [4.69, 9.17) is 5.73 Å². The van der Waals surface area contributed by atoms with Gasteiger partial charge < -0.3 is 10.3 Å². The first-order valence-electron chi connectivity index (χ1n) is 6.16. The number of hydrogen-bond acceptors (Lipinski definition) is 4. The molecule has 1 aromatic carbocycles. The van der Waals surface area contributed by atoms with E-state index in [-0.39, 0.29) is 16.9 Å². The third-order valence-corrected chi connectivity index (χ3v) is 4.42. The molecule has 7 nitrogen and oxygen atoms in total. The van der Waals surface area contributed by atoms with Crippen molar-refractivity contribution < 1.29 is 13.2 Å². The zero-order valence-electron chi connectivity index (χ0n) is 11.6. The van der Waals surface area contributed by atoms with Crippen LogP contribution in [0.1, 0.15) is 5.56 Å². The summed E-state index contributed by atoms with van der Waals surface area (Å²) in [6, 6.07) is 6.30. The fourth-order valence-corrected chi connectivity index (χ4v) is 3.01. The maximum Gasteiger partial charge on any atom is 0.284 e. The summed E-state index contributed by atoms with van der Waals surface area (Å²) in [6.45, 7) is 1.65. The van der Waals surface area contributed by atoms with Gasteiger partial charge in [0.25, 0.3) is 10.0 Å². The van der Waals surface area contributed by atoms with Gasteiger partial charge in [-0.2, -0.15) is 8.42 Å². The first kappa shape index (κ1) is 16.4. The van der Waals surface area contributed by atoms with Crippen LogP contribution in [0.25, 0.3) is 0 Å². The Morgan fingerprint density at radius 1 is 1.36 bits per heavy atom. The fraction of sp³-hybridized carbons (Fsp3) is 0.154. The second-order valence-electron chi connectivity index (χ2n) is 4.54. The van der Waals surface area contributed by atoms with Gasteiger partial charge in [0.1, 0.15) is 11.1 Å². The highest BCUT2D eigenvalue weighted by atomic mass is 79.9. The number of nitrogens with two attached hydrogens (primary N) is 1. The summed E-state index contributed by atoms with van der Waals surface area (Å²) < 4.78 is 30.1. The summed E-state index contributed by atoms with van der Waals surface area (Å²) in [4.78, 5) is 15.1. The molecule has 2 N–H and O–H groups in total. The van der Waals surface area contributed by atoms with E-state index in [1.54, 1.807) is 12.1 Å². The van der Waals surface area contributed by atoms with Crippen LogP contribution in [0.3, 0.4) is 0 Å². The first-order chi connectivity index (χ1) is 10.3. The molecule has 0 unspecified atom stereocenters. The predicted octanol–water partition coefficient (Wildman–Crippen LogP) is 0.729. The number of primary amides is 1. The number of carbonyl (C=O) groups excluding carboxylic acids is 1. The number of hydrogen-bond donors (Lipinski definition) is 1. The van der Waals surface area contributed by atoms with Crippen molar-refractivity contribution in [3.05, 3.63) is 52.3 Å². The Morgan fingerprint density at radius 3 is 2.59 bits per heavy atom. The van der Waals surface area contributed by atoms with Crippen LogP contribution in [0.2, 0.25) is 0 Å². The Kier molecular flexibility index (Phi) is 4.77. The molecule has 0 spiro atoms. The largest absolute Gasteiger partial charge is 0.368 e. The summed E-state index contributed by atoms with van der Waals surface area (Å²) in [5.74, 6) is -0.618. The second kappa shape index (κ2) is 6.41. The van der Waals surface area contributed by atoms with Gasteiger partial charge in [-0.1, -0.05) is 17.7 Å². The van der Waals surface area contributed by atoms with Crippen LogP contribution in [0, 0.1) is 6.92 Å². The van der Waals surface area contributed by atoms with Crippen molar-refractivity contribution in [3.63, 3.8) is 0 Å². The van der Waals surface area contributed by atoms with Crippen molar-refractivity contribution in [1.29, 1.82) is 0 Å². The van der Waals surface area contributed by atoms with Gasteiger partial charge in [0, 0.05) is 6.20 Å². The van der Waals surface area contributed by atoms with Gasteiger partial charge in [0.15, 0.2) is 5.49 Å². The molecule has 1 heterocycles. The lowest BCUT2D eigenvalue weighted by Gasteiger charge is -2.05. The molecular formula is C13H13BrN4O3S. The van der Waals surface area contributed by atoms with E-state index < -0.39 is 15.9 Å². The molecule has 0 saturated heterocycles. The molecule has 2 aromatic rings. The lowest BCUT2D eigenvalue weighted by molar-refractivity contribution is -0.118. The molecule has 1 aromatic heterocycles. The average Bonchev–Trinajstić information content (AvgIpc) is 2.41. The van der Waals surface area contributed by atoms with E-state index in [2.05, 4.69) is 25.3 Å². The van der Waals surface area contributed by atoms with Crippen molar-refractivity contribution in [2.75, 3.05) is 0 Å². The number of amides is 1. The van der Waals surface area contributed by atoms with E-state index in [1.807, 2.05) is 6.92 Å². The molecule has 0 bridgehead atoms. The van der Waals surface area contributed by atoms with Gasteiger partial charge in [-0.3, -0.25) is 4.79 Å². The highest BCUT2D eigenvalue weighted by Crippen LogP contribution is 2.12. The smallest absolute Gasteiger partial charge is 0.284 e. The molecule has 22 heavy (non-hydrogen) atoms. The molecule has 2 rings (SSSR count). The number of rotatable bonds is 4. The highest BCUT2D eigenvalue weighted by Gasteiger charge is 2.13. The molecule has 0 saturated carbocycles. The average molecular weight is 385 g/mol. The zero-order valence-corrected chi connectivity index (χ0v) is 14.0. The Hall–Kier alpha value is -2.00. The minimum atomic E-state index is -3.90. The molecule has 0 radical (unpaired) electrons. The SMILES string of the molecule is Cc1ccc(S(=O)(=O)/N=c2\cnc(Br)cn2CC(N)=O)cc1. The minimum Gasteiger partial charge on any atom is -0.368 e. The van der Waals surface area contributed by atoms with E-state index >= 15 is 0 Å². The van der Waals surface area contributed by atoms with E-state index in [0.29, 0.717) is 4.60 Å². The zero-order chi connectivity index (χ0) is 16.3. The maximum atomic E-state index is 12.3. The predicted molar refractivity (Wildman–Crippen MR) is 83.0 cm³/mol. The molecular weight excluding hydrogens is 372 g/mol. The van der Waals surface area contributed by atoms with Gasteiger partial charge in [-0.25, -0.2) is 4.98 Å². The van der Waals surface area contributed by atoms with Crippen molar-refractivity contribution in [2.45, 2.75) is 18.4 Å². The Balaban J connectivity index is 2.56. The molecule has 1 amide bonds. The van der Waals surface area contributed by atoms with Crippen LogP contribution in [-0.4, -0.2) is 23.9 Å². The van der Waals surface area contributed by atoms with Gasteiger partial charge >= 0.3 is 0 Å². The molecule has 0 aliphatic carbocycles. The lowest BCUT2D eigenvalue weighted by Crippen LogP contribution is -2.29. The van der Waals surface area contributed by atoms with Crippen LogP contribution < -0.4 is 11.2 Å². The van der Waals surface area contributed by atoms with Crippen molar-refractivity contribution in [1.82, 2.24) is 9.55 Å². The Labute approximate surface area is 135 Å². The van der Waals surface area contributed by atoms with Crippen molar-refractivity contribution in [3.8, 4) is 0 Å².